The van der Waals surface area contributed by atoms with E-state index in [9.17, 15) is 4.79 Å². The molecule has 0 saturated heterocycles. The molecule has 0 aromatic carbocycles. The summed E-state index contributed by atoms with van der Waals surface area (Å²) in [6.45, 7) is 9.46. The first-order chi connectivity index (χ1) is 6.65. The van der Waals surface area contributed by atoms with Gasteiger partial charge in [-0.1, -0.05) is 19.6 Å². The first-order valence-corrected chi connectivity index (χ1v) is 4.79. The van der Waals surface area contributed by atoms with Crippen LogP contribution in [-0.4, -0.2) is 18.7 Å². The van der Waals surface area contributed by atoms with Crippen molar-refractivity contribution in [1.82, 2.24) is 0 Å². The Bertz CT molecular complexity index is 219. The highest BCUT2D eigenvalue weighted by molar-refractivity contribution is 5.87. The minimum absolute atomic E-state index is 0.0917. The van der Waals surface area contributed by atoms with Crippen molar-refractivity contribution in [3.63, 3.8) is 0 Å². The Labute approximate surface area is 85.4 Å². The smallest absolute Gasteiger partial charge is 0.337 e. The first kappa shape index (κ1) is 12.8. The molecule has 1 atom stereocenters. The second-order valence-electron chi connectivity index (χ2n) is 2.79. The molecule has 3 heteroatoms. The molecule has 0 bridgehead atoms. The monoisotopic (exact) mass is 198 g/mol. The highest BCUT2D eigenvalue weighted by Gasteiger charge is 2.08. The third-order valence-corrected chi connectivity index (χ3v) is 1.68. The maximum absolute atomic E-state index is 11.3. The van der Waals surface area contributed by atoms with Crippen LogP contribution in [0.25, 0.3) is 0 Å². The number of hydrogen-bond acceptors (Lipinski definition) is 3. The molecule has 0 saturated carbocycles. The molecule has 0 fully saturated rings. The SMILES string of the molecule is C=C[C@H](C)OC=C(CC)C(=O)OCC. The van der Waals surface area contributed by atoms with Crippen molar-refractivity contribution in [3.05, 3.63) is 24.5 Å². The van der Waals surface area contributed by atoms with Crippen molar-refractivity contribution >= 4 is 5.97 Å². The van der Waals surface area contributed by atoms with E-state index in [1.807, 2.05) is 13.8 Å². The maximum atomic E-state index is 11.3. The summed E-state index contributed by atoms with van der Waals surface area (Å²) in [4.78, 5) is 11.3. The highest BCUT2D eigenvalue weighted by Crippen LogP contribution is 2.05. The van der Waals surface area contributed by atoms with E-state index in [0.717, 1.165) is 0 Å². The Hall–Kier alpha value is -1.25. The second-order valence-corrected chi connectivity index (χ2v) is 2.79. The number of ether oxygens (including phenoxy) is 2. The number of carbonyl (C=O) groups excluding carboxylic acids is 1. The maximum Gasteiger partial charge on any atom is 0.337 e. The van der Waals surface area contributed by atoms with Crippen LogP contribution < -0.4 is 0 Å². The van der Waals surface area contributed by atoms with Crippen molar-refractivity contribution in [2.24, 2.45) is 0 Å². The summed E-state index contributed by atoms with van der Waals surface area (Å²) in [5, 5.41) is 0. The molecule has 0 aliphatic rings. The highest BCUT2D eigenvalue weighted by atomic mass is 16.5. The van der Waals surface area contributed by atoms with Crippen LogP contribution in [0.1, 0.15) is 27.2 Å². The van der Waals surface area contributed by atoms with E-state index in [2.05, 4.69) is 6.58 Å². The van der Waals surface area contributed by atoms with E-state index in [1.165, 1.54) is 6.26 Å². The van der Waals surface area contributed by atoms with Crippen LogP contribution in [0.3, 0.4) is 0 Å². The number of esters is 1. The van der Waals surface area contributed by atoms with Gasteiger partial charge in [0, 0.05) is 0 Å². The summed E-state index contributed by atoms with van der Waals surface area (Å²) in [6, 6.07) is 0. The lowest BCUT2D eigenvalue weighted by atomic mass is 10.2. The fourth-order valence-corrected chi connectivity index (χ4v) is 0.745. The molecular formula is C11H18O3. The van der Waals surface area contributed by atoms with E-state index in [1.54, 1.807) is 13.0 Å². The van der Waals surface area contributed by atoms with Crippen molar-refractivity contribution in [2.45, 2.75) is 33.3 Å². The van der Waals surface area contributed by atoms with Gasteiger partial charge < -0.3 is 9.47 Å². The molecule has 80 valence electrons. The Morgan fingerprint density at radius 1 is 1.50 bits per heavy atom. The van der Waals surface area contributed by atoms with Crippen molar-refractivity contribution < 1.29 is 14.3 Å². The van der Waals surface area contributed by atoms with Crippen LogP contribution in [0.4, 0.5) is 0 Å². The van der Waals surface area contributed by atoms with Crippen LogP contribution >= 0.6 is 0 Å². The molecule has 0 aliphatic carbocycles. The fourth-order valence-electron chi connectivity index (χ4n) is 0.745. The van der Waals surface area contributed by atoms with Gasteiger partial charge in [0.1, 0.15) is 6.10 Å². The molecule has 14 heavy (non-hydrogen) atoms. The Balaban J connectivity index is 4.24. The number of hydrogen-bond donors (Lipinski definition) is 0. The molecule has 0 radical (unpaired) electrons. The number of rotatable bonds is 6. The van der Waals surface area contributed by atoms with Crippen molar-refractivity contribution in [3.8, 4) is 0 Å². The van der Waals surface area contributed by atoms with Crippen LogP contribution in [0.15, 0.2) is 24.5 Å². The third kappa shape index (κ3) is 4.70. The average molecular weight is 198 g/mol. The third-order valence-electron chi connectivity index (χ3n) is 1.68. The molecule has 0 amide bonds. The zero-order valence-electron chi connectivity index (χ0n) is 9.08. The van der Waals surface area contributed by atoms with E-state index in [0.29, 0.717) is 18.6 Å². The van der Waals surface area contributed by atoms with Crippen LogP contribution in [0.2, 0.25) is 0 Å². The summed E-state index contributed by atoms with van der Waals surface area (Å²) < 4.78 is 10.1. The van der Waals surface area contributed by atoms with Gasteiger partial charge in [-0.2, -0.15) is 0 Å². The molecule has 3 nitrogen and oxygen atoms in total. The molecule has 0 N–H and O–H groups in total. The fraction of sp³-hybridized carbons (Fsp3) is 0.545. The van der Waals surface area contributed by atoms with Crippen LogP contribution in [-0.2, 0) is 14.3 Å². The van der Waals surface area contributed by atoms with Gasteiger partial charge in [0.2, 0.25) is 0 Å². The summed E-state index contributed by atoms with van der Waals surface area (Å²) in [5.74, 6) is -0.314. The lowest BCUT2D eigenvalue weighted by Gasteiger charge is -2.08. The van der Waals surface area contributed by atoms with E-state index < -0.39 is 0 Å². The van der Waals surface area contributed by atoms with E-state index >= 15 is 0 Å². The van der Waals surface area contributed by atoms with Gasteiger partial charge in [-0.15, -0.1) is 0 Å². The molecule has 0 aromatic heterocycles. The topological polar surface area (TPSA) is 35.5 Å². The summed E-state index contributed by atoms with van der Waals surface area (Å²) >= 11 is 0. The van der Waals surface area contributed by atoms with Gasteiger partial charge in [-0.25, -0.2) is 4.79 Å². The Morgan fingerprint density at radius 3 is 2.57 bits per heavy atom. The van der Waals surface area contributed by atoms with Gasteiger partial charge >= 0.3 is 5.97 Å². The minimum atomic E-state index is -0.314. The van der Waals surface area contributed by atoms with Gasteiger partial charge in [-0.05, 0) is 20.3 Å². The largest absolute Gasteiger partial charge is 0.494 e. The quantitative estimate of drug-likeness (QED) is 0.284. The lowest BCUT2D eigenvalue weighted by Crippen LogP contribution is -2.09. The predicted octanol–water partition coefficient (Wildman–Crippen LogP) is 2.43. The summed E-state index contributed by atoms with van der Waals surface area (Å²) in [5.41, 5.74) is 0.542. The summed E-state index contributed by atoms with van der Waals surface area (Å²) in [6.07, 6.45) is 3.62. The van der Waals surface area contributed by atoms with Crippen molar-refractivity contribution in [2.75, 3.05) is 6.61 Å². The van der Waals surface area contributed by atoms with Gasteiger partial charge in [0.05, 0.1) is 18.4 Å². The molecule has 0 spiro atoms. The zero-order chi connectivity index (χ0) is 11.0. The molecule has 0 aliphatic heterocycles. The van der Waals surface area contributed by atoms with E-state index in [4.69, 9.17) is 9.47 Å². The zero-order valence-corrected chi connectivity index (χ0v) is 9.08. The lowest BCUT2D eigenvalue weighted by molar-refractivity contribution is -0.138. The normalized spacial score (nSPS) is 13.2. The standard InChI is InChI=1S/C11H18O3/c1-5-9(4)14-8-10(6-2)11(12)13-7-3/h5,8-9H,1,6-7H2,2-4H3/t9-/m0/s1. The molecule has 0 aromatic rings. The second kappa shape index (κ2) is 7.18. The van der Waals surface area contributed by atoms with Gasteiger partial charge in [0.15, 0.2) is 0 Å². The average Bonchev–Trinajstić information content (AvgIpc) is 2.18. The molecule has 0 rings (SSSR count). The van der Waals surface area contributed by atoms with E-state index in [-0.39, 0.29) is 12.1 Å². The summed E-state index contributed by atoms with van der Waals surface area (Å²) in [7, 11) is 0. The molecular weight excluding hydrogens is 180 g/mol. The van der Waals surface area contributed by atoms with Crippen LogP contribution in [0, 0.1) is 0 Å². The van der Waals surface area contributed by atoms with Crippen LogP contribution in [0.5, 0.6) is 0 Å². The first-order valence-electron chi connectivity index (χ1n) is 4.79. The number of carbonyl (C=O) groups is 1. The predicted molar refractivity (Wildman–Crippen MR) is 55.8 cm³/mol. The van der Waals surface area contributed by atoms with Gasteiger partial charge in [0.25, 0.3) is 0 Å². The molecule has 0 unspecified atom stereocenters. The molecule has 0 heterocycles. The Kier molecular flexibility index (Phi) is 6.54. The van der Waals surface area contributed by atoms with Gasteiger partial charge in [-0.3, -0.25) is 0 Å². The Morgan fingerprint density at radius 2 is 2.14 bits per heavy atom. The minimum Gasteiger partial charge on any atom is -0.494 e. The van der Waals surface area contributed by atoms with Crippen molar-refractivity contribution in [1.29, 1.82) is 0 Å².